The molecular formula is C52H97NO5. The molecule has 0 aromatic carbocycles. The Bertz CT molecular complexity index is 946. The Morgan fingerprint density at radius 2 is 0.897 bits per heavy atom. The summed E-state index contributed by atoms with van der Waals surface area (Å²) in [6.07, 6.45) is 56.9. The van der Waals surface area contributed by atoms with E-state index in [1.807, 2.05) is 0 Å². The van der Waals surface area contributed by atoms with Crippen LogP contribution in [0.4, 0.5) is 0 Å². The van der Waals surface area contributed by atoms with Crippen LogP contribution in [0, 0.1) is 0 Å². The van der Waals surface area contributed by atoms with E-state index in [9.17, 15) is 19.8 Å². The van der Waals surface area contributed by atoms with Gasteiger partial charge in [-0.1, -0.05) is 211 Å². The monoisotopic (exact) mass is 816 g/mol. The maximum atomic E-state index is 12.4. The van der Waals surface area contributed by atoms with Crippen LogP contribution < -0.4 is 5.32 Å². The SMILES string of the molecule is CCCC/C=C\C/C=C\CCCCCCCC(=O)OCCCCCC/C=C\CCCC(=O)NC(CO)C(O)CCCCCCCCCCCCCCCCCCCC. The van der Waals surface area contributed by atoms with E-state index in [2.05, 4.69) is 55.6 Å². The molecule has 0 bridgehead atoms. The first-order valence-corrected chi connectivity index (χ1v) is 25.2. The molecule has 1 amide bonds. The molecule has 6 nitrogen and oxygen atoms in total. The summed E-state index contributed by atoms with van der Waals surface area (Å²) in [5.41, 5.74) is 0. The second-order valence-electron chi connectivity index (χ2n) is 17.1. The Balaban J connectivity index is 3.56. The molecule has 0 aliphatic heterocycles. The third kappa shape index (κ3) is 43.7. The molecule has 0 fully saturated rings. The van der Waals surface area contributed by atoms with Crippen LogP contribution in [-0.2, 0) is 14.3 Å². The van der Waals surface area contributed by atoms with Crippen LogP contribution >= 0.6 is 0 Å². The average Bonchev–Trinajstić information content (AvgIpc) is 3.22. The van der Waals surface area contributed by atoms with Gasteiger partial charge in [0, 0.05) is 12.8 Å². The number of rotatable bonds is 46. The van der Waals surface area contributed by atoms with E-state index in [1.54, 1.807) is 0 Å². The number of aliphatic hydroxyl groups excluding tert-OH is 2. The Morgan fingerprint density at radius 1 is 0.483 bits per heavy atom. The first-order chi connectivity index (χ1) is 28.5. The molecule has 0 spiro atoms. The minimum absolute atomic E-state index is 0.0505. The Kier molecular flexibility index (Phi) is 46.2. The molecule has 0 saturated heterocycles. The third-order valence-corrected chi connectivity index (χ3v) is 11.4. The number of hydrogen-bond donors (Lipinski definition) is 3. The molecule has 0 aromatic rings. The number of allylic oxidation sites excluding steroid dienone is 6. The minimum Gasteiger partial charge on any atom is -0.466 e. The Hall–Kier alpha value is -1.92. The number of hydrogen-bond acceptors (Lipinski definition) is 5. The summed E-state index contributed by atoms with van der Waals surface area (Å²) in [4.78, 5) is 24.4. The van der Waals surface area contributed by atoms with Gasteiger partial charge in [0.2, 0.25) is 5.91 Å². The summed E-state index contributed by atoms with van der Waals surface area (Å²) in [6.45, 7) is 4.81. The number of aliphatic hydroxyl groups is 2. The molecule has 2 unspecified atom stereocenters. The average molecular weight is 816 g/mol. The van der Waals surface area contributed by atoms with Gasteiger partial charge in [-0.05, 0) is 70.6 Å². The number of carbonyl (C=O) groups excluding carboxylic acids is 2. The van der Waals surface area contributed by atoms with Gasteiger partial charge in [0.05, 0.1) is 25.4 Å². The van der Waals surface area contributed by atoms with Crippen molar-refractivity contribution in [3.63, 3.8) is 0 Å². The third-order valence-electron chi connectivity index (χ3n) is 11.4. The van der Waals surface area contributed by atoms with Crippen LogP contribution in [0.2, 0.25) is 0 Å². The summed E-state index contributed by atoms with van der Waals surface area (Å²) >= 11 is 0. The van der Waals surface area contributed by atoms with Crippen molar-refractivity contribution in [1.82, 2.24) is 5.32 Å². The normalized spacial score (nSPS) is 13.0. The van der Waals surface area contributed by atoms with Gasteiger partial charge in [0.15, 0.2) is 0 Å². The summed E-state index contributed by atoms with van der Waals surface area (Å²) in [5, 5.41) is 23.2. The van der Waals surface area contributed by atoms with Crippen LogP contribution in [0.15, 0.2) is 36.5 Å². The first kappa shape index (κ1) is 56.1. The molecule has 6 heteroatoms. The van der Waals surface area contributed by atoms with Crippen molar-refractivity contribution in [3.8, 4) is 0 Å². The van der Waals surface area contributed by atoms with E-state index < -0.39 is 12.1 Å². The van der Waals surface area contributed by atoms with Crippen molar-refractivity contribution >= 4 is 11.9 Å². The van der Waals surface area contributed by atoms with Gasteiger partial charge in [-0.15, -0.1) is 0 Å². The lowest BCUT2D eigenvalue weighted by atomic mass is 10.0. The first-order valence-electron chi connectivity index (χ1n) is 25.2. The van der Waals surface area contributed by atoms with Gasteiger partial charge in [-0.3, -0.25) is 9.59 Å². The van der Waals surface area contributed by atoms with Crippen LogP contribution in [0.5, 0.6) is 0 Å². The van der Waals surface area contributed by atoms with Crippen molar-refractivity contribution in [2.45, 2.75) is 270 Å². The van der Waals surface area contributed by atoms with Gasteiger partial charge in [0.25, 0.3) is 0 Å². The number of esters is 1. The number of ether oxygens (including phenoxy) is 1. The minimum atomic E-state index is -0.697. The van der Waals surface area contributed by atoms with Gasteiger partial charge >= 0.3 is 5.97 Å². The quantitative estimate of drug-likeness (QED) is 0.0323. The maximum absolute atomic E-state index is 12.4. The Labute approximate surface area is 360 Å². The molecular weight excluding hydrogens is 719 g/mol. The fourth-order valence-electron chi connectivity index (χ4n) is 7.48. The van der Waals surface area contributed by atoms with Gasteiger partial charge in [-0.25, -0.2) is 0 Å². The van der Waals surface area contributed by atoms with Crippen molar-refractivity contribution in [3.05, 3.63) is 36.5 Å². The van der Waals surface area contributed by atoms with Gasteiger partial charge in [-0.2, -0.15) is 0 Å². The smallest absolute Gasteiger partial charge is 0.305 e. The molecule has 0 aliphatic rings. The molecule has 0 saturated carbocycles. The molecule has 0 rings (SSSR count). The lowest BCUT2D eigenvalue weighted by molar-refractivity contribution is -0.143. The van der Waals surface area contributed by atoms with Crippen molar-refractivity contribution in [2.24, 2.45) is 0 Å². The number of unbranched alkanes of at least 4 members (excludes halogenated alkanes) is 29. The van der Waals surface area contributed by atoms with E-state index in [0.29, 0.717) is 25.9 Å². The maximum Gasteiger partial charge on any atom is 0.305 e. The van der Waals surface area contributed by atoms with Crippen LogP contribution in [0.1, 0.15) is 258 Å². The van der Waals surface area contributed by atoms with Crippen LogP contribution in [0.25, 0.3) is 0 Å². The predicted molar refractivity (Wildman–Crippen MR) is 250 cm³/mol. The topological polar surface area (TPSA) is 95.9 Å². The van der Waals surface area contributed by atoms with Crippen molar-refractivity contribution < 1.29 is 24.5 Å². The zero-order chi connectivity index (χ0) is 42.3. The number of amides is 1. The molecule has 0 radical (unpaired) electrons. The largest absolute Gasteiger partial charge is 0.466 e. The fraction of sp³-hybridized carbons (Fsp3) is 0.846. The van der Waals surface area contributed by atoms with Crippen molar-refractivity contribution in [1.29, 1.82) is 0 Å². The molecule has 2 atom stereocenters. The number of nitrogens with one attached hydrogen (secondary N) is 1. The second kappa shape index (κ2) is 47.8. The summed E-state index contributed by atoms with van der Waals surface area (Å²) < 4.78 is 5.42. The van der Waals surface area contributed by atoms with E-state index in [1.165, 1.54) is 141 Å². The molecule has 58 heavy (non-hydrogen) atoms. The lowest BCUT2D eigenvalue weighted by Crippen LogP contribution is -2.45. The summed E-state index contributed by atoms with van der Waals surface area (Å²) in [5.74, 6) is -0.147. The van der Waals surface area contributed by atoms with E-state index in [-0.39, 0.29) is 18.5 Å². The number of carbonyl (C=O) groups is 2. The van der Waals surface area contributed by atoms with Gasteiger partial charge in [0.1, 0.15) is 0 Å². The van der Waals surface area contributed by atoms with Crippen LogP contribution in [-0.4, -0.2) is 47.4 Å². The summed E-state index contributed by atoms with van der Waals surface area (Å²) in [6, 6.07) is -0.581. The zero-order valence-electron chi connectivity index (χ0n) is 38.5. The summed E-state index contributed by atoms with van der Waals surface area (Å²) in [7, 11) is 0. The fourth-order valence-corrected chi connectivity index (χ4v) is 7.48. The molecule has 0 heterocycles. The second-order valence-corrected chi connectivity index (χ2v) is 17.1. The molecule has 0 aromatic heterocycles. The molecule has 340 valence electrons. The van der Waals surface area contributed by atoms with E-state index in [0.717, 1.165) is 83.5 Å². The van der Waals surface area contributed by atoms with E-state index >= 15 is 0 Å². The highest BCUT2D eigenvalue weighted by Crippen LogP contribution is 2.16. The highest BCUT2D eigenvalue weighted by atomic mass is 16.5. The highest BCUT2D eigenvalue weighted by Gasteiger charge is 2.20. The zero-order valence-corrected chi connectivity index (χ0v) is 38.5. The Morgan fingerprint density at radius 3 is 1.41 bits per heavy atom. The highest BCUT2D eigenvalue weighted by molar-refractivity contribution is 5.76. The molecule has 3 N–H and O–H groups in total. The van der Waals surface area contributed by atoms with E-state index in [4.69, 9.17) is 4.74 Å². The van der Waals surface area contributed by atoms with Crippen LogP contribution in [0.3, 0.4) is 0 Å². The lowest BCUT2D eigenvalue weighted by Gasteiger charge is -2.22. The molecule has 0 aliphatic carbocycles. The van der Waals surface area contributed by atoms with Gasteiger partial charge < -0.3 is 20.3 Å². The standard InChI is InChI=1S/C52H97NO5/c1-3-5-7-9-11-13-15-17-19-20-21-22-23-25-28-32-36-40-44-50(55)49(48-54)53-51(56)45-41-37-33-29-27-31-35-39-43-47-58-52(57)46-42-38-34-30-26-24-18-16-14-12-10-8-6-4-2/h10,12,16,18,29,33,49-50,54-55H,3-9,11,13-15,17,19-28,30-32,34-48H2,1-2H3,(H,53,56)/b12-10-,18-16-,33-29-. The predicted octanol–water partition coefficient (Wildman–Crippen LogP) is 14.9. The van der Waals surface area contributed by atoms with Crippen molar-refractivity contribution in [2.75, 3.05) is 13.2 Å².